The van der Waals surface area contributed by atoms with Crippen LogP contribution in [0.4, 0.5) is 11.4 Å². The third kappa shape index (κ3) is 7.14. The van der Waals surface area contributed by atoms with Crippen LogP contribution < -0.4 is 11.1 Å². The Hall–Kier alpha value is -1.55. The molecule has 0 heterocycles. The summed E-state index contributed by atoms with van der Waals surface area (Å²) in [5.41, 5.74) is 7.11. The molecule has 0 saturated carbocycles. The second-order valence-electron chi connectivity index (χ2n) is 5.29. The number of nitrogen functional groups attached to an aromatic ring is 1. The molecule has 0 bridgehead atoms. The number of unbranched alkanes of at least 4 members (excludes halogenated alkanes) is 2. The number of benzene rings is 1. The Morgan fingerprint density at radius 2 is 2.00 bits per heavy atom. The number of carbonyl (C=O) groups excluding carboxylic acids is 1. The van der Waals surface area contributed by atoms with Crippen molar-refractivity contribution in [1.29, 1.82) is 0 Å². The number of carbonyl (C=O) groups is 1. The third-order valence-electron chi connectivity index (χ3n) is 3.26. The molecule has 112 valence electrons. The molecule has 4 nitrogen and oxygen atoms in total. The highest BCUT2D eigenvalue weighted by Gasteiger charge is 2.04. The van der Waals surface area contributed by atoms with E-state index in [9.17, 15) is 4.79 Å². The van der Waals surface area contributed by atoms with Gasteiger partial charge in [-0.25, -0.2) is 0 Å². The minimum atomic E-state index is 0.0533. The van der Waals surface area contributed by atoms with E-state index >= 15 is 0 Å². The molecule has 0 fully saturated rings. The van der Waals surface area contributed by atoms with E-state index in [1.165, 1.54) is 19.3 Å². The Balaban J connectivity index is 2.17. The van der Waals surface area contributed by atoms with Gasteiger partial charge in [0.1, 0.15) is 0 Å². The number of hydrogen-bond donors (Lipinski definition) is 2. The van der Waals surface area contributed by atoms with Gasteiger partial charge in [-0.3, -0.25) is 4.79 Å². The highest BCUT2D eigenvalue weighted by molar-refractivity contribution is 5.91. The van der Waals surface area contributed by atoms with Gasteiger partial charge in [0, 0.05) is 17.8 Å². The van der Waals surface area contributed by atoms with Crippen molar-refractivity contribution < 1.29 is 4.79 Å². The van der Waals surface area contributed by atoms with Gasteiger partial charge in [-0.15, -0.1) is 0 Å². The molecule has 4 heteroatoms. The van der Waals surface area contributed by atoms with Crippen LogP contribution in [0.3, 0.4) is 0 Å². The normalized spacial score (nSPS) is 10.8. The first-order valence-electron chi connectivity index (χ1n) is 7.45. The van der Waals surface area contributed by atoms with Crippen molar-refractivity contribution in [2.24, 2.45) is 0 Å². The average Bonchev–Trinajstić information content (AvgIpc) is 2.39. The molecule has 0 atom stereocenters. The number of nitrogens with two attached hydrogens (primary N) is 1. The lowest BCUT2D eigenvalue weighted by molar-refractivity contribution is -0.116. The summed E-state index contributed by atoms with van der Waals surface area (Å²) in [5, 5.41) is 2.87. The van der Waals surface area contributed by atoms with Crippen molar-refractivity contribution in [2.75, 3.05) is 31.2 Å². The van der Waals surface area contributed by atoms with Crippen molar-refractivity contribution in [3.8, 4) is 0 Å². The topological polar surface area (TPSA) is 58.4 Å². The van der Waals surface area contributed by atoms with Gasteiger partial charge in [-0.2, -0.15) is 0 Å². The minimum Gasteiger partial charge on any atom is -0.399 e. The predicted molar refractivity (Wildman–Crippen MR) is 85.7 cm³/mol. The maximum absolute atomic E-state index is 11.8. The number of rotatable bonds is 9. The first-order chi connectivity index (χ1) is 9.61. The summed E-state index contributed by atoms with van der Waals surface area (Å²) in [4.78, 5) is 14.1. The Morgan fingerprint density at radius 1 is 1.25 bits per heavy atom. The molecular weight excluding hydrogens is 250 g/mol. The predicted octanol–water partition coefficient (Wildman–Crippen LogP) is 3.11. The van der Waals surface area contributed by atoms with Crippen molar-refractivity contribution in [3.05, 3.63) is 24.3 Å². The summed E-state index contributed by atoms with van der Waals surface area (Å²) in [5.74, 6) is 0.0533. The average molecular weight is 277 g/mol. The Labute approximate surface area is 122 Å². The molecule has 0 radical (unpaired) electrons. The van der Waals surface area contributed by atoms with Crippen LogP contribution in [-0.2, 0) is 4.79 Å². The van der Waals surface area contributed by atoms with Crippen molar-refractivity contribution in [3.63, 3.8) is 0 Å². The van der Waals surface area contributed by atoms with Crippen LogP contribution in [0.2, 0.25) is 0 Å². The van der Waals surface area contributed by atoms with Crippen molar-refractivity contribution in [2.45, 2.75) is 39.0 Å². The molecule has 1 amide bonds. The van der Waals surface area contributed by atoms with E-state index in [0.717, 1.165) is 25.2 Å². The van der Waals surface area contributed by atoms with Crippen LogP contribution in [0.1, 0.15) is 39.0 Å². The fraction of sp³-hybridized carbons (Fsp3) is 0.562. The van der Waals surface area contributed by atoms with Crippen LogP contribution in [-0.4, -0.2) is 30.9 Å². The highest BCUT2D eigenvalue weighted by Crippen LogP contribution is 2.12. The number of nitrogens with one attached hydrogen (secondary N) is 1. The standard InChI is InChI=1S/C16H27N3O/c1-3-4-5-11-19(2)12-7-10-16(20)18-15-9-6-8-14(17)13-15/h6,8-9,13H,3-5,7,10-12,17H2,1-2H3,(H,18,20). The molecule has 0 spiro atoms. The molecule has 0 unspecified atom stereocenters. The lowest BCUT2D eigenvalue weighted by Crippen LogP contribution is -2.22. The molecule has 0 aliphatic heterocycles. The van der Waals surface area contributed by atoms with Crippen LogP contribution in [0, 0.1) is 0 Å². The van der Waals surface area contributed by atoms with Gasteiger partial charge in [0.05, 0.1) is 0 Å². The van der Waals surface area contributed by atoms with E-state index in [2.05, 4.69) is 24.2 Å². The van der Waals surface area contributed by atoms with E-state index in [1.807, 2.05) is 12.1 Å². The SMILES string of the molecule is CCCCCN(C)CCCC(=O)Nc1cccc(N)c1. The first kappa shape index (κ1) is 16.5. The molecule has 0 saturated heterocycles. The largest absolute Gasteiger partial charge is 0.399 e. The highest BCUT2D eigenvalue weighted by atomic mass is 16.1. The summed E-state index contributed by atoms with van der Waals surface area (Å²) in [6.45, 7) is 4.29. The number of anilines is 2. The zero-order valence-corrected chi connectivity index (χ0v) is 12.7. The van der Waals surface area contributed by atoms with Crippen molar-refractivity contribution >= 4 is 17.3 Å². The van der Waals surface area contributed by atoms with Crippen molar-refractivity contribution in [1.82, 2.24) is 4.90 Å². The van der Waals surface area contributed by atoms with E-state index in [-0.39, 0.29) is 5.91 Å². The van der Waals surface area contributed by atoms with Crippen LogP contribution in [0.15, 0.2) is 24.3 Å². The summed E-state index contributed by atoms with van der Waals surface area (Å²) in [7, 11) is 2.12. The van der Waals surface area contributed by atoms with E-state index in [1.54, 1.807) is 12.1 Å². The van der Waals surface area contributed by atoms with Gasteiger partial charge < -0.3 is 16.0 Å². The summed E-state index contributed by atoms with van der Waals surface area (Å²) < 4.78 is 0. The lowest BCUT2D eigenvalue weighted by atomic mass is 10.2. The second-order valence-corrected chi connectivity index (χ2v) is 5.29. The summed E-state index contributed by atoms with van der Waals surface area (Å²) >= 11 is 0. The molecule has 0 aliphatic carbocycles. The maximum Gasteiger partial charge on any atom is 0.224 e. The lowest BCUT2D eigenvalue weighted by Gasteiger charge is -2.15. The van der Waals surface area contributed by atoms with Gasteiger partial charge in [-0.1, -0.05) is 25.8 Å². The van der Waals surface area contributed by atoms with Crippen LogP contribution >= 0.6 is 0 Å². The zero-order chi connectivity index (χ0) is 14.8. The van der Waals surface area contributed by atoms with Gasteiger partial charge >= 0.3 is 0 Å². The minimum absolute atomic E-state index is 0.0533. The molecule has 3 N–H and O–H groups in total. The quantitative estimate of drug-likeness (QED) is 0.538. The number of amides is 1. The molecule has 1 rings (SSSR count). The molecule has 1 aromatic carbocycles. The second kappa shape index (κ2) is 9.37. The van der Waals surface area contributed by atoms with Gasteiger partial charge in [0.15, 0.2) is 0 Å². The Kier molecular flexibility index (Phi) is 7.73. The van der Waals surface area contributed by atoms with E-state index in [0.29, 0.717) is 12.1 Å². The Morgan fingerprint density at radius 3 is 2.70 bits per heavy atom. The van der Waals surface area contributed by atoms with E-state index in [4.69, 9.17) is 5.73 Å². The summed E-state index contributed by atoms with van der Waals surface area (Å²) in [6, 6.07) is 7.27. The monoisotopic (exact) mass is 277 g/mol. The van der Waals surface area contributed by atoms with E-state index < -0.39 is 0 Å². The zero-order valence-electron chi connectivity index (χ0n) is 12.7. The number of hydrogen-bond acceptors (Lipinski definition) is 3. The smallest absolute Gasteiger partial charge is 0.224 e. The summed E-state index contributed by atoms with van der Waals surface area (Å²) in [6.07, 6.45) is 5.20. The van der Waals surface area contributed by atoms with Gasteiger partial charge in [0.2, 0.25) is 5.91 Å². The maximum atomic E-state index is 11.8. The molecule has 1 aromatic rings. The fourth-order valence-electron chi connectivity index (χ4n) is 2.09. The molecule has 0 aromatic heterocycles. The molecular formula is C16H27N3O. The van der Waals surface area contributed by atoms with Crippen LogP contribution in [0.5, 0.6) is 0 Å². The van der Waals surface area contributed by atoms with Gasteiger partial charge in [0.25, 0.3) is 0 Å². The Bertz CT molecular complexity index is 406. The van der Waals surface area contributed by atoms with Crippen LogP contribution in [0.25, 0.3) is 0 Å². The fourth-order valence-corrected chi connectivity index (χ4v) is 2.09. The molecule has 0 aliphatic rings. The third-order valence-corrected chi connectivity index (χ3v) is 3.26. The van der Waals surface area contributed by atoms with Gasteiger partial charge in [-0.05, 0) is 51.2 Å². The first-order valence-corrected chi connectivity index (χ1v) is 7.45. The number of nitrogens with zero attached hydrogens (tertiary/aromatic N) is 1. The molecule has 20 heavy (non-hydrogen) atoms.